The Kier molecular flexibility index (Phi) is 4.23. The Morgan fingerprint density at radius 2 is 1.30 bits per heavy atom. The van der Waals surface area contributed by atoms with Crippen LogP contribution in [0.5, 0.6) is 0 Å². The number of piperidine rings is 1. The summed E-state index contributed by atoms with van der Waals surface area (Å²) in [6.45, 7) is 2.13. The second-order valence-corrected chi connectivity index (χ2v) is 7.16. The van der Waals surface area contributed by atoms with Crippen LogP contribution in [0.1, 0.15) is 24.8 Å². The minimum Gasteiger partial charge on any atom is -0.256 e. The molecule has 1 saturated heterocycles. The van der Waals surface area contributed by atoms with E-state index in [1.54, 1.807) is 0 Å². The molecule has 3 heteroatoms. The predicted molar refractivity (Wildman–Crippen MR) is 112 cm³/mol. The molecule has 2 aliphatic rings. The number of fused-ring (bicyclic) bond motifs is 3. The third-order valence-corrected chi connectivity index (χ3v) is 5.40. The maximum absolute atomic E-state index is 5.18. The monoisotopic (exact) mass is 353 g/mol. The van der Waals surface area contributed by atoms with Crippen molar-refractivity contribution in [1.29, 1.82) is 0 Å². The summed E-state index contributed by atoms with van der Waals surface area (Å²) >= 11 is 0. The molecule has 3 nitrogen and oxygen atoms in total. The lowest BCUT2D eigenvalue weighted by Crippen LogP contribution is -2.49. The van der Waals surface area contributed by atoms with E-state index in [2.05, 4.69) is 88.9 Å². The molecule has 0 N–H and O–H groups in total. The Labute approximate surface area is 160 Å². The molecule has 0 aromatic heterocycles. The SMILES string of the molecule is c1ccc(C2=Nc3ccccc3-c3ccccc3N2N2CCCCC2)cc1. The molecule has 0 atom stereocenters. The second kappa shape index (κ2) is 7.01. The van der Waals surface area contributed by atoms with Crippen molar-refractivity contribution >= 4 is 17.2 Å². The highest BCUT2D eigenvalue weighted by Gasteiger charge is 2.29. The van der Waals surface area contributed by atoms with Crippen molar-refractivity contribution in [3.63, 3.8) is 0 Å². The molecule has 2 heterocycles. The van der Waals surface area contributed by atoms with Crippen molar-refractivity contribution < 1.29 is 0 Å². The molecule has 3 aromatic carbocycles. The zero-order valence-electron chi connectivity index (χ0n) is 15.4. The lowest BCUT2D eigenvalue weighted by molar-refractivity contribution is 0.237. The fraction of sp³-hybridized carbons (Fsp3) is 0.208. The van der Waals surface area contributed by atoms with E-state index in [0.717, 1.165) is 30.2 Å². The number of aliphatic imine (C=N–C) groups is 1. The van der Waals surface area contributed by atoms with Crippen LogP contribution in [0.15, 0.2) is 83.9 Å². The number of rotatable bonds is 2. The van der Waals surface area contributed by atoms with Crippen LogP contribution in [-0.2, 0) is 0 Å². The number of hydrogen-bond acceptors (Lipinski definition) is 3. The van der Waals surface area contributed by atoms with Gasteiger partial charge in [0.15, 0.2) is 5.84 Å². The topological polar surface area (TPSA) is 18.8 Å². The molecule has 134 valence electrons. The Hall–Kier alpha value is -2.91. The first-order valence-corrected chi connectivity index (χ1v) is 9.79. The summed E-state index contributed by atoms with van der Waals surface area (Å²) in [7, 11) is 0. The van der Waals surface area contributed by atoms with Gasteiger partial charge in [0.1, 0.15) is 0 Å². The lowest BCUT2D eigenvalue weighted by Gasteiger charge is -2.39. The normalized spacial score (nSPS) is 16.9. The molecular weight excluding hydrogens is 330 g/mol. The fourth-order valence-electron chi connectivity index (χ4n) is 4.10. The minimum atomic E-state index is 1.01. The van der Waals surface area contributed by atoms with Crippen LogP contribution >= 0.6 is 0 Å². The zero-order chi connectivity index (χ0) is 18.1. The van der Waals surface area contributed by atoms with Crippen LogP contribution in [0.3, 0.4) is 0 Å². The molecular formula is C24H23N3. The van der Waals surface area contributed by atoms with Gasteiger partial charge in [0.05, 0.1) is 11.4 Å². The van der Waals surface area contributed by atoms with Gasteiger partial charge in [-0.3, -0.25) is 5.01 Å². The molecule has 0 bridgehead atoms. The fourth-order valence-corrected chi connectivity index (χ4v) is 4.10. The molecule has 1 fully saturated rings. The third-order valence-electron chi connectivity index (χ3n) is 5.40. The molecule has 0 saturated carbocycles. The first kappa shape index (κ1) is 16.3. The maximum atomic E-state index is 5.18. The molecule has 0 aliphatic carbocycles. The Morgan fingerprint density at radius 1 is 0.630 bits per heavy atom. The Bertz CT molecular complexity index is 972. The van der Waals surface area contributed by atoms with Crippen LogP contribution in [0.2, 0.25) is 0 Å². The number of hydrazine groups is 1. The van der Waals surface area contributed by atoms with Crippen molar-refractivity contribution in [2.75, 3.05) is 18.1 Å². The number of benzene rings is 3. The van der Waals surface area contributed by atoms with Gasteiger partial charge in [0.2, 0.25) is 0 Å². The average molecular weight is 353 g/mol. The average Bonchev–Trinajstić information content (AvgIpc) is 2.90. The second-order valence-electron chi connectivity index (χ2n) is 7.16. The van der Waals surface area contributed by atoms with Crippen molar-refractivity contribution in [3.05, 3.63) is 84.4 Å². The maximum Gasteiger partial charge on any atom is 0.155 e. The molecule has 0 spiro atoms. The van der Waals surface area contributed by atoms with Gasteiger partial charge in [0.25, 0.3) is 0 Å². The molecule has 0 unspecified atom stereocenters. The van der Waals surface area contributed by atoms with E-state index in [9.17, 15) is 0 Å². The molecule has 0 amide bonds. The molecule has 0 radical (unpaired) electrons. The largest absolute Gasteiger partial charge is 0.256 e. The van der Waals surface area contributed by atoms with Gasteiger partial charge in [0, 0.05) is 29.8 Å². The summed E-state index contributed by atoms with van der Waals surface area (Å²) in [5.74, 6) is 1.01. The zero-order valence-corrected chi connectivity index (χ0v) is 15.4. The van der Waals surface area contributed by atoms with E-state index in [1.165, 1.54) is 36.1 Å². The molecule has 5 rings (SSSR count). The highest BCUT2D eigenvalue weighted by atomic mass is 15.6. The van der Waals surface area contributed by atoms with Crippen LogP contribution in [0, 0.1) is 0 Å². The third kappa shape index (κ3) is 2.94. The summed E-state index contributed by atoms with van der Waals surface area (Å²) in [6, 6.07) is 27.7. The van der Waals surface area contributed by atoms with E-state index in [-0.39, 0.29) is 0 Å². The lowest BCUT2D eigenvalue weighted by atomic mass is 10.0. The van der Waals surface area contributed by atoms with Gasteiger partial charge in [-0.05, 0) is 25.0 Å². The highest BCUT2D eigenvalue weighted by Crippen LogP contribution is 2.41. The Balaban J connectivity index is 1.77. The van der Waals surface area contributed by atoms with E-state index >= 15 is 0 Å². The van der Waals surface area contributed by atoms with Crippen molar-refractivity contribution in [2.45, 2.75) is 19.3 Å². The van der Waals surface area contributed by atoms with Gasteiger partial charge < -0.3 is 0 Å². The minimum absolute atomic E-state index is 1.01. The van der Waals surface area contributed by atoms with Crippen LogP contribution in [0.25, 0.3) is 11.1 Å². The predicted octanol–water partition coefficient (Wildman–Crippen LogP) is 5.65. The molecule has 27 heavy (non-hydrogen) atoms. The van der Waals surface area contributed by atoms with Crippen LogP contribution in [-0.4, -0.2) is 23.9 Å². The van der Waals surface area contributed by atoms with Crippen molar-refractivity contribution in [2.24, 2.45) is 4.99 Å². The first-order chi connectivity index (χ1) is 13.4. The van der Waals surface area contributed by atoms with Crippen molar-refractivity contribution in [3.8, 4) is 11.1 Å². The van der Waals surface area contributed by atoms with Crippen LogP contribution < -0.4 is 5.01 Å². The van der Waals surface area contributed by atoms with Crippen molar-refractivity contribution in [1.82, 2.24) is 5.01 Å². The summed E-state index contributed by atoms with van der Waals surface area (Å²) < 4.78 is 0. The number of para-hydroxylation sites is 2. The number of hydrogen-bond donors (Lipinski definition) is 0. The van der Waals surface area contributed by atoms with E-state index < -0.39 is 0 Å². The van der Waals surface area contributed by atoms with Gasteiger partial charge in [-0.1, -0.05) is 73.2 Å². The van der Waals surface area contributed by atoms with Gasteiger partial charge >= 0.3 is 0 Å². The highest BCUT2D eigenvalue weighted by molar-refractivity contribution is 6.14. The van der Waals surface area contributed by atoms with E-state index in [0.29, 0.717) is 0 Å². The summed E-state index contributed by atoms with van der Waals surface area (Å²) in [5.41, 5.74) is 5.83. The van der Waals surface area contributed by atoms with Gasteiger partial charge in [-0.2, -0.15) is 0 Å². The first-order valence-electron chi connectivity index (χ1n) is 9.79. The Morgan fingerprint density at radius 3 is 2.11 bits per heavy atom. The van der Waals surface area contributed by atoms with Crippen LogP contribution in [0.4, 0.5) is 11.4 Å². The molecule has 3 aromatic rings. The number of nitrogens with zero attached hydrogens (tertiary/aromatic N) is 3. The number of amidine groups is 1. The quantitative estimate of drug-likeness (QED) is 0.592. The van der Waals surface area contributed by atoms with E-state index in [4.69, 9.17) is 4.99 Å². The van der Waals surface area contributed by atoms with E-state index in [1.807, 2.05) is 0 Å². The summed E-state index contributed by atoms with van der Waals surface area (Å²) in [6.07, 6.45) is 3.77. The van der Waals surface area contributed by atoms with Gasteiger partial charge in [-0.15, -0.1) is 0 Å². The number of anilines is 1. The summed E-state index contributed by atoms with van der Waals surface area (Å²) in [4.78, 5) is 5.18. The molecule has 2 aliphatic heterocycles. The standard InChI is InChI=1S/C24H23N3/c1-3-11-19(12-4-1)24-25-22-15-7-5-13-20(22)21-14-6-8-16-23(21)27(24)26-17-9-2-10-18-26/h1,3-8,11-16H,2,9-10,17-18H2. The smallest absolute Gasteiger partial charge is 0.155 e. The van der Waals surface area contributed by atoms with Gasteiger partial charge in [-0.25, -0.2) is 10.0 Å². The summed E-state index contributed by atoms with van der Waals surface area (Å²) in [5, 5.41) is 4.84.